The molecule has 1 aromatic heterocycles. The van der Waals surface area contributed by atoms with Crippen LogP contribution in [0.15, 0.2) is 36.8 Å². The van der Waals surface area contributed by atoms with Crippen molar-refractivity contribution in [3.63, 3.8) is 0 Å². The van der Waals surface area contributed by atoms with Gasteiger partial charge >= 0.3 is 0 Å². The smallest absolute Gasteiger partial charge is 0.253 e. The number of amides is 1. The van der Waals surface area contributed by atoms with E-state index in [1.54, 1.807) is 12.5 Å². The molecule has 0 spiro atoms. The number of piperidine rings is 1. The number of benzene rings is 1. The summed E-state index contributed by atoms with van der Waals surface area (Å²) in [6.45, 7) is 5.60. The predicted molar refractivity (Wildman–Crippen MR) is 90.5 cm³/mol. The number of likely N-dealkylation sites (tertiary alicyclic amines) is 1. The molecule has 5 heteroatoms. The highest BCUT2D eigenvalue weighted by molar-refractivity contribution is 5.94. The van der Waals surface area contributed by atoms with Crippen LogP contribution in [0.1, 0.15) is 34.3 Å². The normalized spacial score (nSPS) is 15.5. The molecule has 5 nitrogen and oxygen atoms in total. The number of carbonyl (C=O) groups excluding carboxylic acids is 1. The van der Waals surface area contributed by atoms with E-state index in [0.717, 1.165) is 48.4 Å². The van der Waals surface area contributed by atoms with E-state index in [-0.39, 0.29) is 5.91 Å². The SMILES string of the molecule is Cc1cc(C)cc(C(=O)N2CCC(Nc3ccncn3)CC2)c1. The molecule has 0 atom stereocenters. The van der Waals surface area contributed by atoms with Crippen molar-refractivity contribution < 1.29 is 4.79 Å². The van der Waals surface area contributed by atoms with Crippen LogP contribution in [-0.4, -0.2) is 39.9 Å². The number of aryl methyl sites for hydroxylation is 2. The highest BCUT2D eigenvalue weighted by Gasteiger charge is 2.23. The van der Waals surface area contributed by atoms with Gasteiger partial charge < -0.3 is 10.2 Å². The molecule has 1 aliphatic heterocycles. The van der Waals surface area contributed by atoms with Gasteiger partial charge in [0.25, 0.3) is 5.91 Å². The Bertz CT molecular complexity index is 658. The van der Waals surface area contributed by atoms with Crippen LogP contribution >= 0.6 is 0 Å². The highest BCUT2D eigenvalue weighted by Crippen LogP contribution is 2.18. The van der Waals surface area contributed by atoms with E-state index in [4.69, 9.17) is 0 Å². The Hall–Kier alpha value is -2.43. The van der Waals surface area contributed by atoms with Crippen LogP contribution in [0.2, 0.25) is 0 Å². The highest BCUT2D eigenvalue weighted by atomic mass is 16.2. The van der Waals surface area contributed by atoms with E-state index in [0.29, 0.717) is 6.04 Å². The molecule has 0 unspecified atom stereocenters. The molecule has 1 aliphatic rings. The van der Waals surface area contributed by atoms with Crippen molar-refractivity contribution in [2.45, 2.75) is 32.7 Å². The van der Waals surface area contributed by atoms with Crippen molar-refractivity contribution in [2.75, 3.05) is 18.4 Å². The summed E-state index contributed by atoms with van der Waals surface area (Å²) in [5, 5.41) is 3.41. The Balaban J connectivity index is 1.59. The summed E-state index contributed by atoms with van der Waals surface area (Å²) in [5.74, 6) is 0.983. The third kappa shape index (κ3) is 3.86. The van der Waals surface area contributed by atoms with Crippen molar-refractivity contribution in [1.82, 2.24) is 14.9 Å². The first-order chi connectivity index (χ1) is 11.1. The number of nitrogens with one attached hydrogen (secondary N) is 1. The van der Waals surface area contributed by atoms with Gasteiger partial charge in [-0.15, -0.1) is 0 Å². The third-order valence-electron chi connectivity index (χ3n) is 4.18. The zero-order chi connectivity index (χ0) is 16.2. The van der Waals surface area contributed by atoms with E-state index in [9.17, 15) is 4.79 Å². The Labute approximate surface area is 136 Å². The molecule has 2 aromatic rings. The van der Waals surface area contributed by atoms with Gasteiger partial charge in [0.1, 0.15) is 12.1 Å². The molecule has 0 bridgehead atoms. The van der Waals surface area contributed by atoms with E-state index in [2.05, 4.69) is 21.4 Å². The lowest BCUT2D eigenvalue weighted by Gasteiger charge is -2.32. The van der Waals surface area contributed by atoms with Crippen LogP contribution in [0.3, 0.4) is 0 Å². The molecule has 1 aromatic carbocycles. The van der Waals surface area contributed by atoms with Crippen molar-refractivity contribution in [2.24, 2.45) is 0 Å². The van der Waals surface area contributed by atoms with Gasteiger partial charge in [-0.1, -0.05) is 17.2 Å². The van der Waals surface area contributed by atoms with Crippen molar-refractivity contribution in [1.29, 1.82) is 0 Å². The molecule has 0 aliphatic carbocycles. The second-order valence-electron chi connectivity index (χ2n) is 6.18. The summed E-state index contributed by atoms with van der Waals surface area (Å²) in [4.78, 5) is 22.7. The molecule has 1 fully saturated rings. The maximum Gasteiger partial charge on any atom is 0.253 e. The Morgan fingerprint density at radius 3 is 2.48 bits per heavy atom. The fourth-order valence-corrected chi connectivity index (χ4v) is 3.09. The second-order valence-corrected chi connectivity index (χ2v) is 6.18. The lowest BCUT2D eigenvalue weighted by Crippen LogP contribution is -2.42. The van der Waals surface area contributed by atoms with Crippen molar-refractivity contribution in [3.05, 3.63) is 53.5 Å². The molecule has 120 valence electrons. The fourth-order valence-electron chi connectivity index (χ4n) is 3.09. The average molecular weight is 310 g/mol. The van der Waals surface area contributed by atoms with E-state index in [1.165, 1.54) is 0 Å². The first-order valence-electron chi connectivity index (χ1n) is 8.02. The summed E-state index contributed by atoms with van der Waals surface area (Å²) < 4.78 is 0. The van der Waals surface area contributed by atoms with Gasteiger partial charge in [-0.3, -0.25) is 4.79 Å². The summed E-state index contributed by atoms with van der Waals surface area (Å²) in [7, 11) is 0. The Morgan fingerprint density at radius 1 is 1.17 bits per heavy atom. The van der Waals surface area contributed by atoms with Crippen molar-refractivity contribution >= 4 is 11.7 Å². The molecular formula is C18H22N4O. The lowest BCUT2D eigenvalue weighted by atomic mass is 10.0. The van der Waals surface area contributed by atoms with Gasteiger partial charge in [-0.25, -0.2) is 9.97 Å². The Morgan fingerprint density at radius 2 is 1.87 bits per heavy atom. The molecule has 1 N–H and O–H groups in total. The molecular weight excluding hydrogens is 288 g/mol. The summed E-state index contributed by atoms with van der Waals surface area (Å²) in [6.07, 6.45) is 5.14. The summed E-state index contributed by atoms with van der Waals surface area (Å²) in [6, 6.07) is 8.26. The maximum atomic E-state index is 12.7. The number of rotatable bonds is 3. The summed E-state index contributed by atoms with van der Waals surface area (Å²) >= 11 is 0. The van der Waals surface area contributed by atoms with Crippen LogP contribution in [-0.2, 0) is 0 Å². The molecule has 3 rings (SSSR count). The van der Waals surface area contributed by atoms with Gasteiger partial charge in [0.2, 0.25) is 0 Å². The topological polar surface area (TPSA) is 58.1 Å². The minimum atomic E-state index is 0.136. The zero-order valence-electron chi connectivity index (χ0n) is 13.6. The molecule has 1 saturated heterocycles. The molecule has 0 radical (unpaired) electrons. The van der Waals surface area contributed by atoms with Crippen LogP contribution in [0.4, 0.5) is 5.82 Å². The van der Waals surface area contributed by atoms with Crippen molar-refractivity contribution in [3.8, 4) is 0 Å². The minimum absolute atomic E-state index is 0.136. The first-order valence-corrected chi connectivity index (χ1v) is 8.02. The van der Waals surface area contributed by atoms with Gasteiger partial charge in [-0.2, -0.15) is 0 Å². The standard InChI is InChI=1S/C18H22N4O/c1-13-9-14(2)11-15(10-13)18(23)22-7-4-16(5-8-22)21-17-3-6-19-12-20-17/h3,6,9-12,16H,4-5,7-8H2,1-2H3,(H,19,20,21). The largest absolute Gasteiger partial charge is 0.367 e. The second kappa shape index (κ2) is 6.77. The van der Waals surface area contributed by atoms with Crippen LogP contribution in [0, 0.1) is 13.8 Å². The Kier molecular flexibility index (Phi) is 4.55. The van der Waals surface area contributed by atoms with E-state index in [1.807, 2.05) is 36.9 Å². The molecule has 23 heavy (non-hydrogen) atoms. The summed E-state index contributed by atoms with van der Waals surface area (Å²) in [5.41, 5.74) is 3.06. The quantitative estimate of drug-likeness (QED) is 0.947. The minimum Gasteiger partial charge on any atom is -0.367 e. The van der Waals surface area contributed by atoms with E-state index < -0.39 is 0 Å². The zero-order valence-corrected chi connectivity index (χ0v) is 13.6. The molecule has 0 saturated carbocycles. The number of nitrogens with zero attached hydrogens (tertiary/aromatic N) is 3. The van der Waals surface area contributed by atoms with Gasteiger partial charge in [0, 0.05) is 30.9 Å². The van der Waals surface area contributed by atoms with Crippen LogP contribution in [0.25, 0.3) is 0 Å². The monoisotopic (exact) mass is 310 g/mol. The molecule has 2 heterocycles. The fraction of sp³-hybridized carbons (Fsp3) is 0.389. The number of anilines is 1. The molecule has 1 amide bonds. The predicted octanol–water partition coefficient (Wildman–Crippen LogP) is 2.81. The number of hydrogen-bond donors (Lipinski definition) is 1. The van der Waals surface area contributed by atoms with Crippen LogP contribution in [0.5, 0.6) is 0 Å². The van der Waals surface area contributed by atoms with Gasteiger partial charge in [0.05, 0.1) is 0 Å². The lowest BCUT2D eigenvalue weighted by molar-refractivity contribution is 0.0718. The van der Waals surface area contributed by atoms with Crippen LogP contribution < -0.4 is 5.32 Å². The maximum absolute atomic E-state index is 12.7. The average Bonchev–Trinajstić information content (AvgIpc) is 2.55. The van der Waals surface area contributed by atoms with Gasteiger partial charge in [0.15, 0.2) is 0 Å². The first kappa shape index (κ1) is 15.5. The number of aromatic nitrogens is 2. The number of carbonyl (C=O) groups is 1. The third-order valence-corrected chi connectivity index (χ3v) is 4.18. The van der Waals surface area contributed by atoms with Gasteiger partial charge in [-0.05, 0) is 44.9 Å². The number of hydrogen-bond acceptors (Lipinski definition) is 4. The van der Waals surface area contributed by atoms with E-state index >= 15 is 0 Å².